The van der Waals surface area contributed by atoms with Crippen molar-refractivity contribution in [3.8, 4) is 6.07 Å². The lowest BCUT2D eigenvalue weighted by molar-refractivity contribution is 0.0950. The maximum absolute atomic E-state index is 13.4. The van der Waals surface area contributed by atoms with Crippen molar-refractivity contribution in [1.82, 2.24) is 0 Å². The van der Waals surface area contributed by atoms with Crippen molar-refractivity contribution in [2.24, 2.45) is 11.7 Å². The number of anilines is 1. The predicted molar refractivity (Wildman–Crippen MR) is 118 cm³/mol. The fraction of sp³-hybridized carbons (Fsp3) is 0.0952. The number of ketones is 1. The first-order chi connectivity index (χ1) is 13.6. The SMILES string of the molecule is N#CC1=C(N)N(c2ccccc2)C(=S)C(C(=O)c2cccs2)C1c1cccs1. The summed E-state index contributed by atoms with van der Waals surface area (Å²) in [6.07, 6.45) is 0. The Balaban J connectivity index is 1.93. The van der Waals surface area contributed by atoms with E-state index in [1.165, 1.54) is 22.7 Å². The largest absolute Gasteiger partial charge is 0.384 e. The molecule has 2 unspecified atom stereocenters. The molecule has 0 spiro atoms. The molecule has 0 amide bonds. The van der Waals surface area contributed by atoms with Crippen LogP contribution in [0, 0.1) is 17.2 Å². The van der Waals surface area contributed by atoms with Crippen LogP contribution in [-0.4, -0.2) is 10.8 Å². The van der Waals surface area contributed by atoms with Gasteiger partial charge in [0.05, 0.1) is 22.4 Å². The molecular weight excluding hydrogens is 406 g/mol. The Hall–Kier alpha value is -2.79. The van der Waals surface area contributed by atoms with E-state index in [1.54, 1.807) is 11.0 Å². The van der Waals surface area contributed by atoms with E-state index in [9.17, 15) is 10.1 Å². The lowest BCUT2D eigenvalue weighted by atomic mass is 9.78. The Bertz CT molecular complexity index is 1080. The van der Waals surface area contributed by atoms with Crippen LogP contribution in [0.5, 0.6) is 0 Å². The molecule has 0 bridgehead atoms. The summed E-state index contributed by atoms with van der Waals surface area (Å²) < 4.78 is 0. The van der Waals surface area contributed by atoms with Crippen molar-refractivity contribution in [2.75, 3.05) is 4.90 Å². The van der Waals surface area contributed by atoms with Gasteiger partial charge in [0.1, 0.15) is 10.8 Å². The first-order valence-corrected chi connectivity index (χ1v) is 10.7. The highest BCUT2D eigenvalue weighted by molar-refractivity contribution is 7.80. The third kappa shape index (κ3) is 3.06. The van der Waals surface area contributed by atoms with Crippen LogP contribution >= 0.6 is 34.9 Å². The zero-order valence-corrected chi connectivity index (χ0v) is 17.1. The van der Waals surface area contributed by atoms with E-state index >= 15 is 0 Å². The van der Waals surface area contributed by atoms with Gasteiger partial charge in [-0.2, -0.15) is 5.26 Å². The molecule has 4 nitrogen and oxygen atoms in total. The molecule has 1 aliphatic rings. The molecule has 0 fully saturated rings. The average Bonchev–Trinajstić information content (AvgIpc) is 3.42. The number of nitrogens with zero attached hydrogens (tertiary/aromatic N) is 2. The van der Waals surface area contributed by atoms with E-state index < -0.39 is 11.8 Å². The number of hydrogen-bond donors (Lipinski definition) is 1. The van der Waals surface area contributed by atoms with Gasteiger partial charge in [-0.25, -0.2) is 0 Å². The minimum atomic E-state index is -0.672. The number of Topliss-reactive ketones (excluding diaryl/α,β-unsaturated/α-hetero) is 1. The van der Waals surface area contributed by atoms with Gasteiger partial charge in [-0.15, -0.1) is 22.7 Å². The third-order valence-electron chi connectivity index (χ3n) is 4.68. The first-order valence-electron chi connectivity index (χ1n) is 8.53. The molecule has 0 radical (unpaired) electrons. The highest BCUT2D eigenvalue weighted by Gasteiger charge is 2.45. The summed E-state index contributed by atoms with van der Waals surface area (Å²) in [5.41, 5.74) is 7.54. The van der Waals surface area contributed by atoms with Crippen molar-refractivity contribution in [2.45, 2.75) is 5.92 Å². The normalized spacial score (nSPS) is 19.5. The Morgan fingerprint density at radius 3 is 2.39 bits per heavy atom. The number of thiophene rings is 2. The van der Waals surface area contributed by atoms with Crippen LogP contribution in [0.2, 0.25) is 0 Å². The monoisotopic (exact) mass is 421 g/mol. The maximum Gasteiger partial charge on any atom is 0.183 e. The summed E-state index contributed by atoms with van der Waals surface area (Å²) in [5, 5.41) is 13.7. The van der Waals surface area contributed by atoms with Crippen LogP contribution in [0.15, 0.2) is 76.8 Å². The fourth-order valence-electron chi connectivity index (χ4n) is 3.43. The number of nitrogens with two attached hydrogens (primary N) is 1. The van der Waals surface area contributed by atoms with Crippen LogP contribution in [0.1, 0.15) is 20.5 Å². The third-order valence-corrected chi connectivity index (χ3v) is 6.96. The molecule has 2 aromatic heterocycles. The topological polar surface area (TPSA) is 70.1 Å². The predicted octanol–water partition coefficient (Wildman–Crippen LogP) is 4.93. The van der Waals surface area contributed by atoms with Crippen molar-refractivity contribution in [1.29, 1.82) is 5.26 Å². The summed E-state index contributed by atoms with van der Waals surface area (Å²) in [5.74, 6) is -0.951. The lowest BCUT2D eigenvalue weighted by Gasteiger charge is -2.39. The molecule has 7 heteroatoms. The standard InChI is InChI=1S/C21H15N3OS3/c22-12-14-17(15-8-4-10-27-15)18(19(25)16-9-5-11-28-16)21(26)24(20(14)23)13-6-2-1-3-7-13/h1-11,17-18H,23H2. The molecule has 138 valence electrons. The minimum Gasteiger partial charge on any atom is -0.384 e. The van der Waals surface area contributed by atoms with Crippen molar-refractivity contribution >= 4 is 51.4 Å². The molecule has 0 saturated carbocycles. The van der Waals surface area contributed by atoms with Crippen LogP contribution < -0.4 is 10.6 Å². The molecule has 28 heavy (non-hydrogen) atoms. The number of carbonyl (C=O) groups excluding carboxylic acids is 1. The molecule has 4 rings (SSSR count). The zero-order chi connectivity index (χ0) is 19.7. The van der Waals surface area contributed by atoms with Crippen LogP contribution in [0.3, 0.4) is 0 Å². The smallest absolute Gasteiger partial charge is 0.183 e. The molecule has 0 saturated heterocycles. The Morgan fingerprint density at radius 1 is 1.07 bits per heavy atom. The van der Waals surface area contributed by atoms with Crippen molar-refractivity contribution < 1.29 is 4.79 Å². The molecule has 1 aliphatic heterocycles. The van der Waals surface area contributed by atoms with Crippen LogP contribution in [0.4, 0.5) is 5.69 Å². The van der Waals surface area contributed by atoms with Gasteiger partial charge in [0.2, 0.25) is 0 Å². The van der Waals surface area contributed by atoms with Crippen LogP contribution in [-0.2, 0) is 0 Å². The van der Waals surface area contributed by atoms with Crippen molar-refractivity contribution in [3.63, 3.8) is 0 Å². The average molecular weight is 422 g/mol. The van der Waals surface area contributed by atoms with Gasteiger partial charge in [-0.3, -0.25) is 9.69 Å². The Labute approximate surface area is 176 Å². The van der Waals surface area contributed by atoms with E-state index in [0.717, 1.165) is 10.6 Å². The van der Waals surface area contributed by atoms with Gasteiger partial charge >= 0.3 is 0 Å². The number of para-hydroxylation sites is 1. The van der Waals surface area contributed by atoms with Gasteiger partial charge < -0.3 is 5.73 Å². The van der Waals surface area contributed by atoms with E-state index in [4.69, 9.17) is 18.0 Å². The molecule has 2 N–H and O–H groups in total. The number of thiocarbonyl (C=S) groups is 1. The highest BCUT2D eigenvalue weighted by Crippen LogP contribution is 2.44. The summed E-state index contributed by atoms with van der Waals surface area (Å²) in [6, 6.07) is 19.1. The summed E-state index contributed by atoms with van der Waals surface area (Å²) in [7, 11) is 0. The van der Waals surface area contributed by atoms with Gasteiger partial charge in [0.15, 0.2) is 5.78 Å². The fourth-order valence-corrected chi connectivity index (χ4v) is 5.45. The molecule has 3 aromatic rings. The zero-order valence-electron chi connectivity index (χ0n) is 14.6. The van der Waals surface area contributed by atoms with Gasteiger partial charge in [0.25, 0.3) is 0 Å². The molecule has 1 aromatic carbocycles. The van der Waals surface area contributed by atoms with Crippen molar-refractivity contribution in [3.05, 3.63) is 86.5 Å². The second kappa shape index (κ2) is 7.68. The first kappa shape index (κ1) is 18.6. The number of carbonyl (C=O) groups is 1. The second-order valence-corrected chi connectivity index (χ2v) is 8.58. The van der Waals surface area contributed by atoms with Gasteiger partial charge in [-0.05, 0) is 35.0 Å². The molecule has 2 atom stereocenters. The summed E-state index contributed by atoms with van der Waals surface area (Å²) in [4.78, 5) is 17.1. The summed E-state index contributed by atoms with van der Waals surface area (Å²) >= 11 is 8.68. The maximum atomic E-state index is 13.4. The second-order valence-electron chi connectivity index (χ2n) is 6.23. The van der Waals surface area contributed by atoms with E-state index in [-0.39, 0.29) is 11.6 Å². The molecule has 0 aliphatic carbocycles. The summed E-state index contributed by atoms with van der Waals surface area (Å²) in [6.45, 7) is 0. The lowest BCUT2D eigenvalue weighted by Crippen LogP contribution is -2.48. The number of hydrogen-bond acceptors (Lipinski definition) is 6. The number of benzene rings is 1. The quantitative estimate of drug-likeness (QED) is 0.478. The van der Waals surface area contributed by atoms with Gasteiger partial charge in [-0.1, -0.05) is 42.5 Å². The molecular formula is C21H15N3OS3. The molecule has 3 heterocycles. The van der Waals surface area contributed by atoms with Gasteiger partial charge in [0, 0.05) is 16.5 Å². The Morgan fingerprint density at radius 2 is 1.79 bits per heavy atom. The highest BCUT2D eigenvalue weighted by atomic mass is 32.1. The van der Waals surface area contributed by atoms with E-state index in [0.29, 0.717) is 15.4 Å². The minimum absolute atomic E-state index is 0.0837. The number of nitriles is 1. The number of rotatable bonds is 4. The Kier molecular flexibility index (Phi) is 5.09. The van der Waals surface area contributed by atoms with Crippen LogP contribution in [0.25, 0.3) is 0 Å². The number of allylic oxidation sites excluding steroid dienone is 1. The van der Waals surface area contributed by atoms with E-state index in [2.05, 4.69) is 6.07 Å². The van der Waals surface area contributed by atoms with E-state index in [1.807, 2.05) is 59.3 Å².